The molecule has 4 rings (SSSR count). The number of carbonyl (C=O) groups is 1. The summed E-state index contributed by atoms with van der Waals surface area (Å²) in [7, 11) is 4.83. The van der Waals surface area contributed by atoms with Crippen LogP contribution >= 0.6 is 48.8 Å². The summed E-state index contributed by atoms with van der Waals surface area (Å²) >= 11 is 9.17. The Balaban J connectivity index is 2.00. The minimum Gasteiger partial charge on any atom is -0.496 e. The van der Waals surface area contributed by atoms with E-state index in [0.717, 1.165) is 30.0 Å². The molecule has 1 aromatic heterocycles. The average Bonchev–Trinajstić information content (AvgIpc) is 3.04. The van der Waals surface area contributed by atoms with Crippen molar-refractivity contribution in [2.45, 2.75) is 19.4 Å². The highest BCUT2D eigenvalue weighted by Gasteiger charge is 2.43. The van der Waals surface area contributed by atoms with Gasteiger partial charge in [-0.3, -0.25) is 9.69 Å². The topological polar surface area (TPSA) is 29.5 Å². The number of carbonyl (C=O) groups excluding carboxylic acids is 1. The molecule has 2 aromatic carbocycles. The summed E-state index contributed by atoms with van der Waals surface area (Å²) in [5.74, 6) is 0.477. The molecule has 0 saturated carbocycles. The van der Waals surface area contributed by atoms with E-state index in [1.165, 1.54) is 0 Å². The van der Waals surface area contributed by atoms with E-state index in [9.17, 15) is 4.79 Å². The number of methoxy groups -OCH3 is 1. The predicted molar refractivity (Wildman–Crippen MR) is 119 cm³/mol. The van der Waals surface area contributed by atoms with E-state index >= 15 is 0 Å². The molecule has 1 amide bonds. The van der Waals surface area contributed by atoms with E-state index in [1.807, 2.05) is 41.3 Å². The van der Waals surface area contributed by atoms with E-state index in [0.29, 0.717) is 11.3 Å². The van der Waals surface area contributed by atoms with Gasteiger partial charge in [-0.15, -0.1) is 0 Å². The van der Waals surface area contributed by atoms with Gasteiger partial charge in [-0.25, -0.2) is 0 Å². The number of rotatable bonds is 2. The lowest BCUT2D eigenvalue weighted by molar-refractivity contribution is 0.0958. The van der Waals surface area contributed by atoms with Gasteiger partial charge >= 0.3 is 0 Å². The molecule has 0 bridgehead atoms. The Hall–Kier alpha value is -1.54. The fraction of sp³-hybridized carbons (Fsp3) is 0.200. The average molecular weight is 478 g/mol. The molecule has 0 unspecified atom stereocenters. The molecule has 3 nitrogen and oxygen atoms in total. The van der Waals surface area contributed by atoms with Gasteiger partial charge in [0.05, 0.1) is 28.8 Å². The minimum absolute atomic E-state index is 0.0910. The molecule has 0 atom stereocenters. The molecule has 0 aliphatic carbocycles. The molecule has 138 valence electrons. The van der Waals surface area contributed by atoms with Crippen molar-refractivity contribution in [3.05, 3.63) is 61.2 Å². The van der Waals surface area contributed by atoms with Gasteiger partial charge in [0, 0.05) is 15.6 Å². The van der Waals surface area contributed by atoms with Crippen LogP contribution in [0.4, 0.5) is 5.69 Å². The lowest BCUT2D eigenvalue weighted by atomic mass is 9.87. The molecule has 7 heteroatoms. The first-order valence-electron chi connectivity index (χ1n) is 8.27. The van der Waals surface area contributed by atoms with Gasteiger partial charge in [-0.2, -0.15) is 0 Å². The van der Waals surface area contributed by atoms with Crippen LogP contribution in [-0.2, 0) is 5.54 Å². The second-order valence-corrected chi connectivity index (χ2v) is 10.5. The molecule has 0 N–H and O–H groups in total. The van der Waals surface area contributed by atoms with E-state index in [2.05, 4.69) is 29.8 Å². The number of hydrogen-bond donors (Lipinski definition) is 0. The molecular weight excluding hydrogens is 462 g/mol. The van der Waals surface area contributed by atoms with Crippen molar-refractivity contribution in [3.63, 3.8) is 0 Å². The third-order valence-corrected chi connectivity index (χ3v) is 8.58. The normalized spacial score (nSPS) is 14.4. The molecule has 2 heterocycles. The monoisotopic (exact) mass is 477 g/mol. The van der Waals surface area contributed by atoms with Gasteiger partial charge in [0.1, 0.15) is 9.57 Å². The fourth-order valence-electron chi connectivity index (χ4n) is 3.50. The summed E-state index contributed by atoms with van der Waals surface area (Å²) in [6.07, 6.45) is 0. The number of anilines is 1. The highest BCUT2D eigenvalue weighted by atomic mass is 79.9. The highest BCUT2D eigenvalue weighted by molar-refractivity contribution is 9.10. The van der Waals surface area contributed by atoms with Crippen LogP contribution in [0, 0.1) is 3.82 Å². The minimum atomic E-state index is -0.528. The van der Waals surface area contributed by atoms with Crippen LogP contribution in [0.5, 0.6) is 5.75 Å². The van der Waals surface area contributed by atoms with Crippen LogP contribution in [0.2, 0.25) is 0 Å². The number of ether oxygens (including phenoxy) is 1. The zero-order chi connectivity index (χ0) is 19.3. The first-order chi connectivity index (χ1) is 12.9. The second-order valence-electron chi connectivity index (χ2n) is 6.72. The van der Waals surface area contributed by atoms with E-state index in [4.69, 9.17) is 17.0 Å². The summed E-state index contributed by atoms with van der Waals surface area (Å²) in [5, 5.41) is 0. The second kappa shape index (κ2) is 6.81. The van der Waals surface area contributed by atoms with Crippen molar-refractivity contribution in [2.75, 3.05) is 12.0 Å². The maximum absolute atomic E-state index is 13.7. The third-order valence-electron chi connectivity index (χ3n) is 4.76. The van der Waals surface area contributed by atoms with Crippen molar-refractivity contribution in [1.29, 1.82) is 0 Å². The lowest BCUT2D eigenvalue weighted by Crippen LogP contribution is -2.47. The molecule has 0 saturated heterocycles. The Morgan fingerprint density at radius 3 is 2.67 bits per heavy atom. The molecule has 0 spiro atoms. The lowest BCUT2D eigenvalue weighted by Gasteiger charge is -2.43. The van der Waals surface area contributed by atoms with Crippen molar-refractivity contribution in [1.82, 2.24) is 0 Å². The third kappa shape index (κ3) is 2.88. The molecule has 0 radical (unpaired) electrons. The number of nitrogens with zero attached hydrogens (tertiary/aromatic N) is 1. The van der Waals surface area contributed by atoms with Crippen molar-refractivity contribution in [2.24, 2.45) is 0 Å². The SMILES string of the molecule is COc1ccccc1C(=O)N1c2cc(Br)ccc2-c2c(ssc2=S)C1(C)C. The van der Waals surface area contributed by atoms with Gasteiger partial charge in [-0.1, -0.05) is 67.0 Å². The van der Waals surface area contributed by atoms with Crippen molar-refractivity contribution < 1.29 is 9.53 Å². The Kier molecular flexibility index (Phi) is 4.74. The maximum atomic E-state index is 13.7. The number of fused-ring (bicyclic) bond motifs is 3. The van der Waals surface area contributed by atoms with Gasteiger partial charge in [0.25, 0.3) is 5.91 Å². The van der Waals surface area contributed by atoms with E-state index < -0.39 is 5.54 Å². The van der Waals surface area contributed by atoms with Crippen LogP contribution < -0.4 is 9.64 Å². The molecular formula is C20H16BrNO2S3. The van der Waals surface area contributed by atoms with Crippen LogP contribution in [0.1, 0.15) is 29.1 Å². The standard InChI is InChI=1S/C20H16BrNO2S3/c1-20(2)17-16(19(25)27-26-17)12-9-8-11(21)10-14(12)22(20)18(23)13-6-4-5-7-15(13)24-3/h4-10H,1-3H3. The first-order valence-corrected chi connectivity index (χ1v) is 11.6. The molecule has 1 aliphatic heterocycles. The summed E-state index contributed by atoms with van der Waals surface area (Å²) in [6, 6.07) is 13.4. The summed E-state index contributed by atoms with van der Waals surface area (Å²) in [5.41, 5.74) is 2.95. The van der Waals surface area contributed by atoms with Gasteiger partial charge in [-0.05, 0) is 38.1 Å². The Bertz CT molecular complexity index is 1120. The molecule has 3 aromatic rings. The summed E-state index contributed by atoms with van der Waals surface area (Å²) in [6.45, 7) is 4.14. The van der Waals surface area contributed by atoms with Gasteiger partial charge < -0.3 is 4.74 Å². The smallest absolute Gasteiger partial charge is 0.262 e. The number of para-hydroxylation sites is 1. The Labute approximate surface area is 178 Å². The predicted octanol–water partition coefficient (Wildman–Crippen LogP) is 6.87. The van der Waals surface area contributed by atoms with Crippen molar-refractivity contribution in [3.8, 4) is 16.9 Å². The van der Waals surface area contributed by atoms with Crippen molar-refractivity contribution >= 4 is 60.4 Å². The zero-order valence-electron chi connectivity index (χ0n) is 14.9. The molecule has 1 aliphatic rings. The van der Waals surface area contributed by atoms with E-state index in [1.54, 1.807) is 33.9 Å². The summed E-state index contributed by atoms with van der Waals surface area (Å²) in [4.78, 5) is 16.7. The van der Waals surface area contributed by atoms with Crippen LogP contribution in [0.15, 0.2) is 46.9 Å². The van der Waals surface area contributed by atoms with E-state index in [-0.39, 0.29) is 5.91 Å². The number of halogens is 1. The maximum Gasteiger partial charge on any atom is 0.262 e. The molecule has 0 fully saturated rings. The zero-order valence-corrected chi connectivity index (χ0v) is 18.9. The first kappa shape index (κ1) is 18.8. The molecule has 27 heavy (non-hydrogen) atoms. The number of amides is 1. The Morgan fingerprint density at radius 1 is 1.19 bits per heavy atom. The Morgan fingerprint density at radius 2 is 1.93 bits per heavy atom. The van der Waals surface area contributed by atoms with Crippen LogP contribution in [-0.4, -0.2) is 13.0 Å². The quantitative estimate of drug-likeness (QED) is 0.297. The number of hydrogen-bond acceptors (Lipinski definition) is 5. The van der Waals surface area contributed by atoms with Gasteiger partial charge in [0.2, 0.25) is 0 Å². The van der Waals surface area contributed by atoms with Crippen LogP contribution in [0.25, 0.3) is 11.1 Å². The fourth-order valence-corrected chi connectivity index (χ4v) is 7.13. The van der Waals surface area contributed by atoms with Gasteiger partial charge in [0.15, 0.2) is 0 Å². The highest BCUT2D eigenvalue weighted by Crippen LogP contribution is 2.53. The largest absolute Gasteiger partial charge is 0.496 e. The van der Waals surface area contributed by atoms with Crippen LogP contribution in [0.3, 0.4) is 0 Å². The number of benzene rings is 2. The summed E-state index contributed by atoms with van der Waals surface area (Å²) < 4.78 is 7.23.